The molecule has 0 heterocycles. The van der Waals surface area contributed by atoms with E-state index in [-0.39, 0.29) is 29.3 Å². The number of rotatable bonds is 5. The van der Waals surface area contributed by atoms with Gasteiger partial charge in [0.25, 0.3) is 0 Å². The van der Waals surface area contributed by atoms with Crippen LogP contribution in [-0.2, 0) is 16.0 Å². The van der Waals surface area contributed by atoms with E-state index >= 15 is 0 Å². The fraction of sp³-hybridized carbons (Fsp3) is 0.364. The molecule has 27 heavy (non-hydrogen) atoms. The first-order valence-corrected chi connectivity index (χ1v) is 9.52. The van der Waals surface area contributed by atoms with Crippen molar-refractivity contribution in [2.75, 3.05) is 10.6 Å². The number of carbonyl (C=O) groups is 2. The molecule has 0 radical (unpaired) electrons. The zero-order valence-corrected chi connectivity index (χ0v) is 15.5. The Morgan fingerprint density at radius 2 is 1.44 bits per heavy atom. The van der Waals surface area contributed by atoms with Crippen molar-refractivity contribution < 1.29 is 14.0 Å². The summed E-state index contributed by atoms with van der Waals surface area (Å²) < 4.78 is 13.7. The molecule has 0 unspecified atom stereocenters. The number of hydrogen-bond acceptors (Lipinski definition) is 2. The van der Waals surface area contributed by atoms with E-state index in [9.17, 15) is 14.0 Å². The predicted molar refractivity (Wildman–Crippen MR) is 105 cm³/mol. The average Bonchev–Trinajstić information content (AvgIpc) is 2.70. The molecule has 142 valence electrons. The van der Waals surface area contributed by atoms with Crippen LogP contribution in [0.25, 0.3) is 0 Å². The van der Waals surface area contributed by atoms with Crippen LogP contribution in [0, 0.1) is 17.7 Å². The van der Waals surface area contributed by atoms with Crippen molar-refractivity contribution in [2.24, 2.45) is 11.8 Å². The van der Waals surface area contributed by atoms with Crippen LogP contribution in [0.3, 0.4) is 0 Å². The monoisotopic (exact) mass is 368 g/mol. The van der Waals surface area contributed by atoms with Gasteiger partial charge in [0.1, 0.15) is 5.82 Å². The lowest BCUT2D eigenvalue weighted by atomic mass is 9.81. The molecule has 4 nitrogen and oxygen atoms in total. The maximum absolute atomic E-state index is 13.7. The van der Waals surface area contributed by atoms with Gasteiger partial charge >= 0.3 is 0 Å². The van der Waals surface area contributed by atoms with Crippen LogP contribution in [0.15, 0.2) is 48.5 Å². The number of amides is 2. The number of carbonyl (C=O) groups excluding carboxylic acids is 2. The summed E-state index contributed by atoms with van der Waals surface area (Å²) in [4.78, 5) is 24.8. The van der Waals surface area contributed by atoms with Gasteiger partial charge in [0.05, 0.1) is 5.69 Å². The van der Waals surface area contributed by atoms with Crippen molar-refractivity contribution >= 4 is 23.2 Å². The van der Waals surface area contributed by atoms with Gasteiger partial charge in [-0.1, -0.05) is 31.2 Å². The Morgan fingerprint density at radius 1 is 0.889 bits per heavy atom. The van der Waals surface area contributed by atoms with Crippen LogP contribution in [-0.4, -0.2) is 11.8 Å². The number of halogens is 1. The second kappa shape index (κ2) is 8.80. The third kappa shape index (κ3) is 4.94. The molecule has 1 aliphatic carbocycles. The Kier molecular flexibility index (Phi) is 6.22. The first kappa shape index (κ1) is 19.1. The summed E-state index contributed by atoms with van der Waals surface area (Å²) in [5, 5.41) is 5.63. The third-order valence-corrected chi connectivity index (χ3v) is 5.23. The first-order valence-electron chi connectivity index (χ1n) is 9.52. The summed E-state index contributed by atoms with van der Waals surface area (Å²) in [6.07, 6.45) is 3.55. The molecule has 0 saturated heterocycles. The number of aryl methyl sites for hydroxylation is 1. The molecule has 2 aromatic carbocycles. The fourth-order valence-electron chi connectivity index (χ4n) is 3.48. The van der Waals surface area contributed by atoms with E-state index in [2.05, 4.69) is 17.6 Å². The molecule has 2 N–H and O–H groups in total. The van der Waals surface area contributed by atoms with Crippen molar-refractivity contribution in [3.05, 3.63) is 59.9 Å². The molecule has 0 atom stereocenters. The van der Waals surface area contributed by atoms with Crippen molar-refractivity contribution in [3.8, 4) is 0 Å². The summed E-state index contributed by atoms with van der Waals surface area (Å²) in [5.41, 5.74) is 2.24. The Hall–Kier alpha value is -2.69. The molecule has 0 spiro atoms. The molecule has 1 fully saturated rings. The van der Waals surface area contributed by atoms with Crippen molar-refractivity contribution in [2.45, 2.75) is 39.0 Å². The SMILES string of the molecule is CCc1ccc(NC(=O)C2CCC(C(=O)Nc3ccccc3F)CC2)cc1. The molecular weight excluding hydrogens is 343 g/mol. The van der Waals surface area contributed by atoms with Gasteiger partial charge in [-0.2, -0.15) is 0 Å². The summed E-state index contributed by atoms with van der Waals surface area (Å²) in [6.45, 7) is 2.09. The van der Waals surface area contributed by atoms with E-state index in [1.807, 2.05) is 24.3 Å². The summed E-state index contributed by atoms with van der Waals surface area (Å²) in [6, 6.07) is 14.0. The minimum absolute atomic E-state index is 0.00668. The smallest absolute Gasteiger partial charge is 0.227 e. The van der Waals surface area contributed by atoms with Gasteiger partial charge in [-0.3, -0.25) is 9.59 Å². The van der Waals surface area contributed by atoms with Gasteiger partial charge in [0, 0.05) is 17.5 Å². The molecule has 0 aliphatic heterocycles. The zero-order chi connectivity index (χ0) is 19.2. The highest BCUT2D eigenvalue weighted by Crippen LogP contribution is 2.31. The molecule has 1 aliphatic rings. The van der Waals surface area contributed by atoms with Crippen LogP contribution < -0.4 is 10.6 Å². The highest BCUT2D eigenvalue weighted by Gasteiger charge is 2.30. The fourth-order valence-corrected chi connectivity index (χ4v) is 3.48. The van der Waals surface area contributed by atoms with Crippen molar-refractivity contribution in [3.63, 3.8) is 0 Å². The van der Waals surface area contributed by atoms with E-state index < -0.39 is 5.82 Å². The van der Waals surface area contributed by atoms with E-state index in [1.165, 1.54) is 11.6 Å². The van der Waals surface area contributed by atoms with E-state index in [0.717, 1.165) is 12.1 Å². The quantitative estimate of drug-likeness (QED) is 0.798. The number of hydrogen-bond donors (Lipinski definition) is 2. The van der Waals surface area contributed by atoms with Gasteiger partial charge in [0.2, 0.25) is 11.8 Å². The minimum atomic E-state index is -0.437. The molecular formula is C22H25FN2O2. The molecule has 2 aromatic rings. The Bertz CT molecular complexity index is 796. The van der Waals surface area contributed by atoms with E-state index in [0.29, 0.717) is 25.7 Å². The van der Waals surface area contributed by atoms with Crippen LogP contribution >= 0.6 is 0 Å². The maximum atomic E-state index is 13.7. The molecule has 2 amide bonds. The highest BCUT2D eigenvalue weighted by atomic mass is 19.1. The number of anilines is 2. The van der Waals surface area contributed by atoms with E-state index in [1.54, 1.807) is 18.2 Å². The Labute approximate surface area is 159 Å². The largest absolute Gasteiger partial charge is 0.326 e. The molecule has 0 aromatic heterocycles. The lowest BCUT2D eigenvalue weighted by Crippen LogP contribution is -2.32. The van der Waals surface area contributed by atoms with Crippen LogP contribution in [0.4, 0.5) is 15.8 Å². The van der Waals surface area contributed by atoms with Gasteiger partial charge < -0.3 is 10.6 Å². The molecule has 0 bridgehead atoms. The zero-order valence-electron chi connectivity index (χ0n) is 15.5. The highest BCUT2D eigenvalue weighted by molar-refractivity contribution is 5.94. The standard InChI is InChI=1S/C22H25FN2O2/c1-2-15-7-13-18(14-8-15)24-21(26)16-9-11-17(12-10-16)22(27)25-20-6-4-3-5-19(20)23/h3-8,13-14,16-17H,2,9-12H2,1H3,(H,24,26)(H,25,27). The van der Waals surface area contributed by atoms with Gasteiger partial charge in [-0.15, -0.1) is 0 Å². The third-order valence-electron chi connectivity index (χ3n) is 5.23. The summed E-state index contributed by atoms with van der Waals surface area (Å²) in [7, 11) is 0. The van der Waals surface area contributed by atoms with Crippen LogP contribution in [0.5, 0.6) is 0 Å². The minimum Gasteiger partial charge on any atom is -0.326 e. The second-order valence-electron chi connectivity index (χ2n) is 7.06. The molecule has 3 rings (SSSR count). The normalized spacial score (nSPS) is 19.3. The first-order chi connectivity index (χ1) is 13.1. The maximum Gasteiger partial charge on any atom is 0.227 e. The lowest BCUT2D eigenvalue weighted by Gasteiger charge is -2.27. The molecule has 1 saturated carbocycles. The Morgan fingerprint density at radius 3 is 2.00 bits per heavy atom. The lowest BCUT2D eigenvalue weighted by molar-refractivity contribution is -0.125. The van der Waals surface area contributed by atoms with Crippen molar-refractivity contribution in [1.82, 2.24) is 0 Å². The molecule has 5 heteroatoms. The van der Waals surface area contributed by atoms with E-state index in [4.69, 9.17) is 0 Å². The number of nitrogens with one attached hydrogen (secondary N) is 2. The van der Waals surface area contributed by atoms with Gasteiger partial charge in [-0.25, -0.2) is 4.39 Å². The average molecular weight is 368 g/mol. The Balaban J connectivity index is 1.49. The van der Waals surface area contributed by atoms with Crippen molar-refractivity contribution in [1.29, 1.82) is 0 Å². The van der Waals surface area contributed by atoms with Crippen LogP contribution in [0.2, 0.25) is 0 Å². The van der Waals surface area contributed by atoms with Crippen LogP contribution in [0.1, 0.15) is 38.2 Å². The topological polar surface area (TPSA) is 58.2 Å². The second-order valence-corrected chi connectivity index (χ2v) is 7.06. The van der Waals surface area contributed by atoms with Gasteiger partial charge in [-0.05, 0) is 61.9 Å². The summed E-state index contributed by atoms with van der Waals surface area (Å²) in [5.74, 6) is -0.875. The number of benzene rings is 2. The predicted octanol–water partition coefficient (Wildman–Crippen LogP) is 4.77. The number of para-hydroxylation sites is 1. The summed E-state index contributed by atoms with van der Waals surface area (Å²) >= 11 is 0. The van der Waals surface area contributed by atoms with Gasteiger partial charge in [0.15, 0.2) is 0 Å².